The number of likely N-dealkylation sites (tertiary alicyclic amines) is 1. The molecule has 26 heavy (non-hydrogen) atoms. The van der Waals surface area contributed by atoms with Crippen LogP contribution in [0.4, 0.5) is 5.82 Å². The van der Waals surface area contributed by atoms with Crippen molar-refractivity contribution in [3.63, 3.8) is 0 Å². The molecule has 1 saturated heterocycles. The molecule has 1 aromatic rings. The zero-order valence-corrected chi connectivity index (χ0v) is 14.6. The van der Waals surface area contributed by atoms with Crippen LogP contribution in [0.15, 0.2) is 48.7 Å². The number of anilines is 1. The van der Waals surface area contributed by atoms with Gasteiger partial charge in [0.15, 0.2) is 0 Å². The van der Waals surface area contributed by atoms with Crippen LogP contribution in [-0.2, 0) is 14.4 Å². The zero-order valence-electron chi connectivity index (χ0n) is 14.6. The van der Waals surface area contributed by atoms with E-state index in [1.54, 1.807) is 60.5 Å². The number of nitrogens with zero attached hydrogens (tertiary/aromatic N) is 2. The number of allylic oxidation sites excluding steroid dienone is 2. The van der Waals surface area contributed by atoms with Crippen molar-refractivity contribution in [2.45, 2.75) is 31.8 Å². The second-order valence-electron chi connectivity index (χ2n) is 6.42. The summed E-state index contributed by atoms with van der Waals surface area (Å²) in [7, 11) is 0. The molecule has 2 heterocycles. The van der Waals surface area contributed by atoms with E-state index in [4.69, 9.17) is 0 Å². The molecule has 0 aromatic carbocycles. The maximum atomic E-state index is 12.7. The number of amides is 3. The molecule has 2 atom stereocenters. The van der Waals surface area contributed by atoms with Crippen molar-refractivity contribution in [1.82, 2.24) is 15.2 Å². The van der Waals surface area contributed by atoms with Gasteiger partial charge in [-0.25, -0.2) is 4.98 Å². The molecule has 2 N–H and O–H groups in total. The van der Waals surface area contributed by atoms with Crippen molar-refractivity contribution in [3.05, 3.63) is 48.7 Å². The Balaban J connectivity index is 1.60. The van der Waals surface area contributed by atoms with Gasteiger partial charge >= 0.3 is 0 Å². The topological polar surface area (TPSA) is 91.4 Å². The molecule has 1 fully saturated rings. The molecule has 0 bridgehead atoms. The first-order valence-corrected chi connectivity index (χ1v) is 8.74. The Morgan fingerprint density at radius 1 is 1.19 bits per heavy atom. The van der Waals surface area contributed by atoms with Crippen LogP contribution in [0.3, 0.4) is 0 Å². The molecular weight excluding hydrogens is 332 g/mol. The first kappa shape index (κ1) is 17.8. The van der Waals surface area contributed by atoms with Gasteiger partial charge in [0.25, 0.3) is 0 Å². The smallest absolute Gasteiger partial charge is 0.248 e. The van der Waals surface area contributed by atoms with Crippen molar-refractivity contribution in [1.29, 1.82) is 0 Å². The minimum absolute atomic E-state index is 0.218. The highest BCUT2D eigenvalue weighted by atomic mass is 16.2. The van der Waals surface area contributed by atoms with Crippen LogP contribution >= 0.6 is 0 Å². The highest BCUT2D eigenvalue weighted by molar-refractivity contribution is 5.98. The molecule has 2 aliphatic rings. The Kier molecular flexibility index (Phi) is 5.46. The molecule has 0 radical (unpaired) electrons. The molecule has 3 rings (SSSR count). The molecule has 3 amide bonds. The van der Waals surface area contributed by atoms with Crippen LogP contribution in [0.25, 0.3) is 0 Å². The lowest BCUT2D eigenvalue weighted by molar-refractivity contribution is -0.139. The van der Waals surface area contributed by atoms with E-state index in [9.17, 15) is 14.4 Å². The fraction of sp³-hybridized carbons (Fsp3) is 0.368. The van der Waals surface area contributed by atoms with Gasteiger partial charge in [0.2, 0.25) is 17.7 Å². The summed E-state index contributed by atoms with van der Waals surface area (Å²) in [5, 5.41) is 5.47. The van der Waals surface area contributed by atoms with Crippen molar-refractivity contribution in [2.75, 3.05) is 11.9 Å². The van der Waals surface area contributed by atoms with Crippen LogP contribution in [0.1, 0.15) is 19.8 Å². The van der Waals surface area contributed by atoms with E-state index in [2.05, 4.69) is 15.6 Å². The van der Waals surface area contributed by atoms with Crippen LogP contribution in [0, 0.1) is 5.92 Å². The lowest BCUT2D eigenvalue weighted by Crippen LogP contribution is -2.52. The number of hydrogen-bond acceptors (Lipinski definition) is 4. The second-order valence-corrected chi connectivity index (χ2v) is 6.42. The highest BCUT2D eigenvalue weighted by Crippen LogP contribution is 2.20. The molecule has 0 unspecified atom stereocenters. The molecule has 0 spiro atoms. The van der Waals surface area contributed by atoms with E-state index in [0.29, 0.717) is 18.8 Å². The molecule has 7 heteroatoms. The minimum Gasteiger partial charge on any atom is -0.344 e. The summed E-state index contributed by atoms with van der Waals surface area (Å²) in [5.41, 5.74) is 0. The second kappa shape index (κ2) is 7.95. The Labute approximate surface area is 152 Å². The first-order chi connectivity index (χ1) is 12.6. The molecule has 1 aliphatic carbocycles. The third-order valence-electron chi connectivity index (χ3n) is 4.53. The lowest BCUT2D eigenvalue weighted by Gasteiger charge is -2.27. The monoisotopic (exact) mass is 354 g/mol. The van der Waals surface area contributed by atoms with Gasteiger partial charge in [0.1, 0.15) is 17.9 Å². The van der Waals surface area contributed by atoms with Crippen LogP contribution in [0.5, 0.6) is 0 Å². The van der Waals surface area contributed by atoms with Gasteiger partial charge in [-0.1, -0.05) is 30.4 Å². The summed E-state index contributed by atoms with van der Waals surface area (Å²) in [5.74, 6) is -0.604. The quantitative estimate of drug-likeness (QED) is 0.833. The predicted octanol–water partition coefficient (Wildman–Crippen LogP) is 1.26. The Hall–Kier alpha value is -2.96. The number of aromatic nitrogens is 1. The number of carbonyl (C=O) groups is 3. The molecular formula is C19H22N4O3. The molecule has 1 aliphatic heterocycles. The summed E-state index contributed by atoms with van der Waals surface area (Å²) in [6.45, 7) is 2.15. The van der Waals surface area contributed by atoms with Crippen LogP contribution in [-0.4, -0.2) is 46.2 Å². The Morgan fingerprint density at radius 2 is 1.96 bits per heavy atom. The molecule has 136 valence electrons. The summed E-state index contributed by atoms with van der Waals surface area (Å²) >= 11 is 0. The maximum absolute atomic E-state index is 12.7. The Morgan fingerprint density at radius 3 is 2.65 bits per heavy atom. The fourth-order valence-electron chi connectivity index (χ4n) is 3.18. The average Bonchev–Trinajstić information content (AvgIpc) is 3.33. The SMILES string of the molecule is C[C@H](NC(=O)C1C=CC=C1)C(=O)N1CCC[C@H]1C(=O)Nc1ccccn1. The third-order valence-corrected chi connectivity index (χ3v) is 4.53. The minimum atomic E-state index is -0.687. The van der Waals surface area contributed by atoms with Crippen molar-refractivity contribution < 1.29 is 14.4 Å². The van der Waals surface area contributed by atoms with Gasteiger partial charge in [0.05, 0.1) is 5.92 Å². The third kappa shape index (κ3) is 3.99. The van der Waals surface area contributed by atoms with E-state index >= 15 is 0 Å². The molecule has 1 aromatic heterocycles. The van der Waals surface area contributed by atoms with Gasteiger partial charge in [-0.05, 0) is 31.9 Å². The van der Waals surface area contributed by atoms with Gasteiger partial charge in [-0.3, -0.25) is 14.4 Å². The number of pyridine rings is 1. The number of carbonyl (C=O) groups excluding carboxylic acids is 3. The highest BCUT2D eigenvalue weighted by Gasteiger charge is 2.36. The van der Waals surface area contributed by atoms with Gasteiger partial charge in [0, 0.05) is 12.7 Å². The molecule has 0 saturated carbocycles. The zero-order chi connectivity index (χ0) is 18.5. The van der Waals surface area contributed by atoms with Crippen LogP contribution < -0.4 is 10.6 Å². The van der Waals surface area contributed by atoms with E-state index < -0.39 is 12.1 Å². The average molecular weight is 354 g/mol. The largest absolute Gasteiger partial charge is 0.344 e. The van der Waals surface area contributed by atoms with Gasteiger partial charge < -0.3 is 15.5 Å². The summed E-state index contributed by atoms with van der Waals surface area (Å²) in [6, 6.07) is 4.01. The van der Waals surface area contributed by atoms with Crippen LogP contribution in [0.2, 0.25) is 0 Å². The van der Waals surface area contributed by atoms with Crippen molar-refractivity contribution >= 4 is 23.5 Å². The van der Waals surface area contributed by atoms with Crippen molar-refractivity contribution in [3.8, 4) is 0 Å². The van der Waals surface area contributed by atoms with E-state index in [-0.39, 0.29) is 23.6 Å². The van der Waals surface area contributed by atoms with E-state index in [1.807, 2.05) is 0 Å². The summed E-state index contributed by atoms with van der Waals surface area (Å²) in [4.78, 5) is 43.1. The fourth-order valence-corrected chi connectivity index (χ4v) is 3.18. The normalized spacial score (nSPS) is 20.2. The Bertz CT molecular complexity index is 732. The number of rotatable bonds is 5. The first-order valence-electron chi connectivity index (χ1n) is 8.74. The van der Waals surface area contributed by atoms with E-state index in [1.165, 1.54) is 0 Å². The van der Waals surface area contributed by atoms with Gasteiger partial charge in [-0.15, -0.1) is 0 Å². The lowest BCUT2D eigenvalue weighted by atomic mass is 10.1. The number of nitrogens with one attached hydrogen (secondary N) is 2. The predicted molar refractivity (Wildman–Crippen MR) is 97.0 cm³/mol. The summed E-state index contributed by atoms with van der Waals surface area (Å²) < 4.78 is 0. The maximum Gasteiger partial charge on any atom is 0.248 e. The van der Waals surface area contributed by atoms with E-state index in [0.717, 1.165) is 6.42 Å². The number of hydrogen-bond donors (Lipinski definition) is 2. The standard InChI is InChI=1S/C19H22N4O3/c1-13(21-17(24)14-7-2-3-8-14)19(26)23-12-6-9-15(23)18(25)22-16-10-4-5-11-20-16/h2-5,7-8,10-11,13-15H,6,9,12H2,1H3,(H,21,24)(H,20,22,25)/t13-,15-/m0/s1. The van der Waals surface area contributed by atoms with Crippen molar-refractivity contribution in [2.24, 2.45) is 5.92 Å². The summed E-state index contributed by atoms with van der Waals surface area (Å²) in [6.07, 6.45) is 10.1. The van der Waals surface area contributed by atoms with Gasteiger partial charge in [-0.2, -0.15) is 0 Å². The molecule has 7 nitrogen and oxygen atoms in total.